The lowest BCUT2D eigenvalue weighted by Crippen LogP contribution is -1.89. The lowest BCUT2D eigenvalue weighted by atomic mass is 9.98. The van der Waals surface area contributed by atoms with Gasteiger partial charge in [-0.2, -0.15) is 0 Å². The first-order valence-corrected chi connectivity index (χ1v) is 3.55. The molecule has 0 spiro atoms. The minimum Gasteiger partial charge on any atom is -0.0991 e. The van der Waals surface area contributed by atoms with Gasteiger partial charge in [0.25, 0.3) is 0 Å². The average Bonchev–Trinajstić information content (AvgIpc) is 2.06. The summed E-state index contributed by atoms with van der Waals surface area (Å²) in [6.07, 6.45) is 13.7. The summed E-state index contributed by atoms with van der Waals surface area (Å²) in [5, 5.41) is 0. The molecule has 0 aromatic carbocycles. The highest BCUT2D eigenvalue weighted by Crippen LogP contribution is 2.18. The van der Waals surface area contributed by atoms with E-state index in [9.17, 15) is 0 Å². The van der Waals surface area contributed by atoms with Crippen LogP contribution in [-0.4, -0.2) is 0 Å². The molecule has 0 aliphatic heterocycles. The minimum absolute atomic E-state index is 1.15. The van der Waals surface area contributed by atoms with Crippen molar-refractivity contribution in [2.24, 2.45) is 0 Å². The van der Waals surface area contributed by atoms with E-state index in [0.29, 0.717) is 0 Å². The number of hydrogen-bond acceptors (Lipinski definition) is 0. The first-order chi connectivity index (χ1) is 5.38. The molecular weight excluding hydrogens is 132 g/mol. The third kappa shape index (κ3) is 1.81. The van der Waals surface area contributed by atoms with Gasteiger partial charge in [-0.15, -0.1) is 0 Å². The quantitative estimate of drug-likeness (QED) is 0.557. The summed E-state index contributed by atoms with van der Waals surface area (Å²) in [5.41, 5.74) is 2.31. The van der Waals surface area contributed by atoms with Gasteiger partial charge in [0.05, 0.1) is 0 Å². The molecule has 0 aromatic rings. The van der Waals surface area contributed by atoms with Crippen molar-refractivity contribution in [3.05, 3.63) is 67.2 Å². The molecule has 0 heterocycles. The molecule has 1 aliphatic rings. The van der Waals surface area contributed by atoms with Crippen LogP contribution in [0.15, 0.2) is 60.8 Å². The second-order valence-corrected chi connectivity index (χ2v) is 2.24. The third-order valence-corrected chi connectivity index (χ3v) is 1.51. The molecule has 0 bridgehead atoms. The van der Waals surface area contributed by atoms with Crippen LogP contribution in [0.4, 0.5) is 0 Å². The molecule has 0 heteroatoms. The highest BCUT2D eigenvalue weighted by Gasteiger charge is 2.00. The van der Waals surface area contributed by atoms with Crippen molar-refractivity contribution in [1.29, 1.82) is 0 Å². The predicted octanol–water partition coefficient (Wildman–Crippen LogP) is 2.99. The molecule has 0 saturated carbocycles. The zero-order valence-corrected chi connectivity index (χ0v) is 6.46. The SMILES string of the molecule is C=C/C=C1/[CH]C=CC=C1C=C. The molecule has 55 valence electrons. The van der Waals surface area contributed by atoms with Gasteiger partial charge >= 0.3 is 0 Å². The average molecular weight is 143 g/mol. The Labute approximate surface area is 67.9 Å². The molecule has 1 radical (unpaired) electrons. The summed E-state index contributed by atoms with van der Waals surface area (Å²) in [6.45, 7) is 7.36. The summed E-state index contributed by atoms with van der Waals surface area (Å²) >= 11 is 0. The summed E-state index contributed by atoms with van der Waals surface area (Å²) in [5.74, 6) is 0. The van der Waals surface area contributed by atoms with Crippen LogP contribution in [0.3, 0.4) is 0 Å². The van der Waals surface area contributed by atoms with E-state index in [1.165, 1.54) is 0 Å². The standard InChI is InChI=1S/C11H11/c1-3-7-11-9-6-5-8-10(11)4-2/h3-9H,1-2H2/b11-7-. The largest absolute Gasteiger partial charge is 0.0991 e. The Morgan fingerprint density at radius 1 is 1.18 bits per heavy atom. The van der Waals surface area contributed by atoms with Crippen LogP contribution < -0.4 is 0 Å². The lowest BCUT2D eigenvalue weighted by molar-refractivity contribution is 1.44. The fourth-order valence-corrected chi connectivity index (χ4v) is 0.976. The van der Waals surface area contributed by atoms with Crippen LogP contribution in [0.5, 0.6) is 0 Å². The normalized spacial score (nSPS) is 19.6. The van der Waals surface area contributed by atoms with Crippen LogP contribution >= 0.6 is 0 Å². The maximum absolute atomic E-state index is 3.72. The monoisotopic (exact) mass is 143 g/mol. The summed E-state index contributed by atoms with van der Waals surface area (Å²) < 4.78 is 0. The Bertz CT molecular complexity index is 249. The molecular formula is C11H11. The van der Waals surface area contributed by atoms with Gasteiger partial charge in [0, 0.05) is 6.42 Å². The second kappa shape index (κ2) is 3.77. The molecule has 0 amide bonds. The van der Waals surface area contributed by atoms with E-state index in [1.54, 1.807) is 6.08 Å². The van der Waals surface area contributed by atoms with Crippen molar-refractivity contribution in [3.63, 3.8) is 0 Å². The van der Waals surface area contributed by atoms with Crippen molar-refractivity contribution < 1.29 is 0 Å². The molecule has 11 heavy (non-hydrogen) atoms. The fraction of sp³-hybridized carbons (Fsp3) is 0. The molecule has 0 nitrogen and oxygen atoms in total. The Morgan fingerprint density at radius 3 is 2.64 bits per heavy atom. The van der Waals surface area contributed by atoms with Gasteiger partial charge in [0.1, 0.15) is 0 Å². The lowest BCUT2D eigenvalue weighted by Gasteiger charge is -2.07. The van der Waals surface area contributed by atoms with E-state index in [2.05, 4.69) is 13.2 Å². The van der Waals surface area contributed by atoms with Gasteiger partial charge in [-0.3, -0.25) is 0 Å². The van der Waals surface area contributed by atoms with Crippen LogP contribution in [0, 0.1) is 6.42 Å². The summed E-state index contributed by atoms with van der Waals surface area (Å²) in [4.78, 5) is 0. The maximum atomic E-state index is 3.72. The Hall–Kier alpha value is -1.30. The first kappa shape index (κ1) is 7.80. The molecule has 1 rings (SSSR count). The molecule has 1 aliphatic carbocycles. The number of hydrogen-bond donors (Lipinski definition) is 0. The first-order valence-electron chi connectivity index (χ1n) is 3.55. The molecule has 0 aromatic heterocycles. The van der Waals surface area contributed by atoms with Crippen molar-refractivity contribution in [1.82, 2.24) is 0 Å². The zero-order valence-electron chi connectivity index (χ0n) is 6.46. The van der Waals surface area contributed by atoms with Gasteiger partial charge < -0.3 is 0 Å². The smallest absolute Gasteiger partial charge is 0.0131 e. The molecule has 0 atom stereocenters. The van der Waals surface area contributed by atoms with Crippen molar-refractivity contribution in [2.75, 3.05) is 0 Å². The van der Waals surface area contributed by atoms with Crippen LogP contribution in [0.1, 0.15) is 0 Å². The van der Waals surface area contributed by atoms with E-state index >= 15 is 0 Å². The van der Waals surface area contributed by atoms with Crippen molar-refractivity contribution in [3.8, 4) is 0 Å². The Kier molecular flexibility index (Phi) is 2.67. The van der Waals surface area contributed by atoms with Crippen LogP contribution in [0.2, 0.25) is 0 Å². The van der Waals surface area contributed by atoms with E-state index < -0.39 is 0 Å². The van der Waals surface area contributed by atoms with Crippen LogP contribution in [-0.2, 0) is 0 Å². The molecule has 0 unspecified atom stereocenters. The highest BCUT2D eigenvalue weighted by molar-refractivity contribution is 5.52. The molecule has 0 N–H and O–H groups in total. The van der Waals surface area contributed by atoms with E-state index in [0.717, 1.165) is 11.1 Å². The topological polar surface area (TPSA) is 0 Å². The fourth-order valence-electron chi connectivity index (χ4n) is 0.976. The van der Waals surface area contributed by atoms with E-state index in [4.69, 9.17) is 0 Å². The van der Waals surface area contributed by atoms with Crippen LogP contribution in [0.25, 0.3) is 0 Å². The number of rotatable bonds is 2. The third-order valence-electron chi connectivity index (χ3n) is 1.51. The Balaban J connectivity index is 2.92. The van der Waals surface area contributed by atoms with Gasteiger partial charge in [-0.1, -0.05) is 49.6 Å². The van der Waals surface area contributed by atoms with Crippen molar-refractivity contribution >= 4 is 0 Å². The van der Waals surface area contributed by atoms with E-state index in [-0.39, 0.29) is 0 Å². The van der Waals surface area contributed by atoms with Gasteiger partial charge in [-0.05, 0) is 11.1 Å². The minimum atomic E-state index is 1.15. The highest BCUT2D eigenvalue weighted by atomic mass is 14.0. The molecule has 0 fully saturated rings. The Morgan fingerprint density at radius 2 is 2.00 bits per heavy atom. The predicted molar refractivity (Wildman–Crippen MR) is 50.0 cm³/mol. The molecule has 0 saturated heterocycles. The number of allylic oxidation sites excluding steroid dienone is 8. The van der Waals surface area contributed by atoms with Gasteiger partial charge in [0.2, 0.25) is 0 Å². The van der Waals surface area contributed by atoms with Gasteiger partial charge in [-0.25, -0.2) is 0 Å². The maximum Gasteiger partial charge on any atom is 0.0131 e. The summed E-state index contributed by atoms with van der Waals surface area (Å²) in [6, 6.07) is 0. The second-order valence-electron chi connectivity index (χ2n) is 2.24. The van der Waals surface area contributed by atoms with Gasteiger partial charge in [0.15, 0.2) is 0 Å². The summed E-state index contributed by atoms with van der Waals surface area (Å²) in [7, 11) is 0. The van der Waals surface area contributed by atoms with E-state index in [1.807, 2.05) is 36.8 Å². The van der Waals surface area contributed by atoms with Crippen molar-refractivity contribution in [2.45, 2.75) is 0 Å². The zero-order chi connectivity index (χ0) is 8.10.